The number of carbonyl (C=O) groups excluding carboxylic acids is 1. The monoisotopic (exact) mass is 278 g/mol. The zero-order valence-electron chi connectivity index (χ0n) is 8.79. The Morgan fingerprint density at radius 2 is 1.53 bits per heavy atom. The predicted octanol–water partition coefficient (Wildman–Crippen LogP) is 4.00. The van der Waals surface area contributed by atoms with E-state index in [1.165, 1.54) is 0 Å². The van der Waals surface area contributed by atoms with Gasteiger partial charge < -0.3 is 0 Å². The molecule has 4 heteroatoms. The molecule has 0 saturated carbocycles. The molecule has 0 saturated heterocycles. The van der Waals surface area contributed by atoms with Crippen molar-refractivity contribution >= 4 is 43.0 Å². The molecule has 0 radical (unpaired) electrons. The highest BCUT2D eigenvalue weighted by atomic mass is 32.1. The van der Waals surface area contributed by atoms with Crippen molar-refractivity contribution in [3.05, 3.63) is 48.0 Å². The molecule has 0 amide bonds. The zero-order chi connectivity index (χ0) is 12.4. The normalized spacial score (nSPS) is 10.3. The molecule has 86 valence electrons. The average Bonchev–Trinajstić information content (AvgIpc) is 2.33. The maximum atomic E-state index is 11.2. The van der Waals surface area contributed by atoms with Crippen LogP contribution in [0.1, 0.15) is 10.4 Å². The summed E-state index contributed by atoms with van der Waals surface area (Å²) in [6, 6.07) is 13.4. The van der Waals surface area contributed by atoms with E-state index in [1.54, 1.807) is 6.07 Å². The topological polar surface area (TPSA) is 17.1 Å². The summed E-state index contributed by atoms with van der Waals surface area (Å²) in [6.07, 6.45) is 0. The van der Waals surface area contributed by atoms with Crippen LogP contribution < -0.4 is 0 Å². The quantitative estimate of drug-likeness (QED) is 0.708. The SMILES string of the molecule is O=C(S)c1ccc(-c2ccccc2)c(S)c1S. The van der Waals surface area contributed by atoms with Crippen LogP contribution in [0.15, 0.2) is 52.3 Å². The molecule has 2 aromatic carbocycles. The molecule has 0 heterocycles. The van der Waals surface area contributed by atoms with Gasteiger partial charge in [0.15, 0.2) is 0 Å². The first-order chi connectivity index (χ1) is 8.11. The standard InChI is InChI=1S/C13H10OS3/c14-13(17)10-7-6-9(11(15)12(10)16)8-4-2-1-3-5-8/h1-7,15-16H,(H,14,17). The maximum Gasteiger partial charge on any atom is 0.217 e. The van der Waals surface area contributed by atoms with E-state index in [4.69, 9.17) is 0 Å². The van der Waals surface area contributed by atoms with E-state index in [1.807, 2.05) is 36.4 Å². The minimum absolute atomic E-state index is 0.301. The fourth-order valence-electron chi connectivity index (χ4n) is 1.60. The van der Waals surface area contributed by atoms with Crippen molar-refractivity contribution in [2.24, 2.45) is 0 Å². The Morgan fingerprint density at radius 1 is 0.882 bits per heavy atom. The van der Waals surface area contributed by atoms with Gasteiger partial charge in [0.25, 0.3) is 0 Å². The van der Waals surface area contributed by atoms with Gasteiger partial charge in [-0.3, -0.25) is 4.79 Å². The second-order valence-electron chi connectivity index (χ2n) is 3.53. The van der Waals surface area contributed by atoms with Crippen LogP contribution in [-0.2, 0) is 0 Å². The number of thiol groups is 3. The first-order valence-electron chi connectivity index (χ1n) is 4.95. The summed E-state index contributed by atoms with van der Waals surface area (Å²) in [4.78, 5) is 12.5. The van der Waals surface area contributed by atoms with Gasteiger partial charge in [0.1, 0.15) is 0 Å². The van der Waals surface area contributed by atoms with Crippen molar-refractivity contribution in [3.8, 4) is 11.1 Å². The van der Waals surface area contributed by atoms with Crippen molar-refractivity contribution in [2.45, 2.75) is 9.79 Å². The third kappa shape index (κ3) is 2.54. The minimum atomic E-state index is -0.301. The van der Waals surface area contributed by atoms with E-state index in [0.717, 1.165) is 11.1 Å². The van der Waals surface area contributed by atoms with Crippen LogP contribution in [0, 0.1) is 0 Å². The molecule has 0 aliphatic heterocycles. The van der Waals surface area contributed by atoms with Gasteiger partial charge in [-0.25, -0.2) is 0 Å². The summed E-state index contributed by atoms with van der Waals surface area (Å²) >= 11 is 12.6. The van der Waals surface area contributed by atoms with Gasteiger partial charge in [-0.05, 0) is 17.2 Å². The molecular weight excluding hydrogens is 268 g/mol. The molecule has 17 heavy (non-hydrogen) atoms. The van der Waals surface area contributed by atoms with Crippen molar-refractivity contribution in [1.82, 2.24) is 0 Å². The average molecular weight is 278 g/mol. The molecule has 1 nitrogen and oxygen atoms in total. The van der Waals surface area contributed by atoms with E-state index in [2.05, 4.69) is 37.9 Å². The van der Waals surface area contributed by atoms with Crippen LogP contribution >= 0.6 is 37.9 Å². The largest absolute Gasteiger partial charge is 0.282 e. The highest BCUT2D eigenvalue weighted by Gasteiger charge is 2.12. The first-order valence-corrected chi connectivity index (χ1v) is 6.29. The number of hydrogen-bond acceptors (Lipinski definition) is 3. The molecule has 0 aliphatic rings. The molecule has 2 aromatic rings. The number of benzene rings is 2. The van der Waals surface area contributed by atoms with Gasteiger partial charge >= 0.3 is 0 Å². The Hall–Kier alpha value is -0.840. The Labute approximate surface area is 116 Å². The third-order valence-corrected chi connectivity index (χ3v) is 3.81. The number of hydrogen-bond donors (Lipinski definition) is 3. The first kappa shape index (κ1) is 12.6. The molecule has 0 aliphatic carbocycles. The fourth-order valence-corrected chi connectivity index (χ4v) is 2.50. The second kappa shape index (κ2) is 5.21. The summed E-state index contributed by atoms with van der Waals surface area (Å²) < 4.78 is 0. The van der Waals surface area contributed by atoms with E-state index in [9.17, 15) is 4.79 Å². The summed E-state index contributed by atoms with van der Waals surface area (Å²) in [6.45, 7) is 0. The fraction of sp³-hybridized carbons (Fsp3) is 0. The van der Waals surface area contributed by atoms with E-state index in [-0.39, 0.29) is 5.12 Å². The van der Waals surface area contributed by atoms with E-state index >= 15 is 0 Å². The van der Waals surface area contributed by atoms with Gasteiger partial charge in [-0.2, -0.15) is 0 Å². The van der Waals surface area contributed by atoms with Crippen LogP contribution in [-0.4, -0.2) is 5.12 Å². The van der Waals surface area contributed by atoms with E-state index < -0.39 is 0 Å². The summed E-state index contributed by atoms with van der Waals surface area (Å²) in [5.41, 5.74) is 2.48. The molecule has 0 fully saturated rings. The van der Waals surface area contributed by atoms with Crippen LogP contribution in [0.4, 0.5) is 0 Å². The molecule has 0 N–H and O–H groups in total. The Balaban J connectivity index is 2.60. The highest BCUT2D eigenvalue weighted by Crippen LogP contribution is 2.33. The Morgan fingerprint density at radius 3 is 2.12 bits per heavy atom. The van der Waals surface area contributed by atoms with Crippen LogP contribution in [0.3, 0.4) is 0 Å². The lowest BCUT2D eigenvalue weighted by Crippen LogP contribution is -1.93. The Bertz CT molecular complexity index is 564. The molecule has 0 unspecified atom stereocenters. The van der Waals surface area contributed by atoms with Crippen molar-refractivity contribution in [3.63, 3.8) is 0 Å². The van der Waals surface area contributed by atoms with Crippen LogP contribution in [0.25, 0.3) is 11.1 Å². The molecule has 0 bridgehead atoms. The predicted molar refractivity (Wildman–Crippen MR) is 79.7 cm³/mol. The van der Waals surface area contributed by atoms with Crippen LogP contribution in [0.2, 0.25) is 0 Å². The summed E-state index contributed by atoms with van der Waals surface area (Å²) in [5, 5.41) is -0.301. The number of rotatable bonds is 2. The minimum Gasteiger partial charge on any atom is -0.282 e. The summed E-state index contributed by atoms with van der Waals surface area (Å²) in [7, 11) is 0. The van der Waals surface area contributed by atoms with Gasteiger partial charge in [-0.1, -0.05) is 36.4 Å². The molecule has 0 aromatic heterocycles. The third-order valence-electron chi connectivity index (χ3n) is 2.47. The number of carbonyl (C=O) groups is 1. The lowest BCUT2D eigenvalue weighted by atomic mass is 10.0. The zero-order valence-corrected chi connectivity index (χ0v) is 11.5. The van der Waals surface area contributed by atoms with Gasteiger partial charge in [0.2, 0.25) is 5.12 Å². The highest BCUT2D eigenvalue weighted by molar-refractivity contribution is 7.97. The smallest absolute Gasteiger partial charge is 0.217 e. The van der Waals surface area contributed by atoms with Gasteiger partial charge in [0.05, 0.1) is 0 Å². The lowest BCUT2D eigenvalue weighted by Gasteiger charge is -2.10. The molecular formula is C13H10OS3. The Kier molecular flexibility index (Phi) is 3.86. The molecule has 0 atom stereocenters. The second-order valence-corrected chi connectivity index (χ2v) is 4.83. The van der Waals surface area contributed by atoms with E-state index in [0.29, 0.717) is 15.4 Å². The van der Waals surface area contributed by atoms with Crippen molar-refractivity contribution in [1.29, 1.82) is 0 Å². The van der Waals surface area contributed by atoms with Crippen LogP contribution in [0.5, 0.6) is 0 Å². The van der Waals surface area contributed by atoms with Crippen molar-refractivity contribution < 1.29 is 4.79 Å². The molecule has 0 spiro atoms. The van der Waals surface area contributed by atoms with Crippen molar-refractivity contribution in [2.75, 3.05) is 0 Å². The maximum absolute atomic E-state index is 11.2. The lowest BCUT2D eigenvalue weighted by molar-refractivity contribution is 0.108. The molecule has 2 rings (SSSR count). The summed E-state index contributed by atoms with van der Waals surface area (Å²) in [5.74, 6) is 0. The van der Waals surface area contributed by atoms with Gasteiger partial charge in [-0.15, -0.1) is 37.9 Å². The van der Waals surface area contributed by atoms with Gasteiger partial charge in [0, 0.05) is 15.4 Å².